The number of hydrogen-bond donors (Lipinski definition) is 0. The summed E-state index contributed by atoms with van der Waals surface area (Å²) in [5.74, 6) is -0.338. The number of carbonyl (C=O) groups excluding carboxylic acids is 1. The van der Waals surface area contributed by atoms with Crippen LogP contribution in [-0.4, -0.2) is 28.3 Å². The first kappa shape index (κ1) is 15.9. The topological polar surface area (TPSA) is 87.2 Å². The summed E-state index contributed by atoms with van der Waals surface area (Å²) in [7, 11) is 0. The van der Waals surface area contributed by atoms with Gasteiger partial charge in [-0.1, -0.05) is 11.6 Å². The van der Waals surface area contributed by atoms with Gasteiger partial charge in [-0.05, 0) is 19.9 Å². The second-order valence-electron chi connectivity index (χ2n) is 4.42. The quantitative estimate of drug-likeness (QED) is 0.617. The molecule has 7 heteroatoms. The molecule has 0 fully saturated rings. The van der Waals surface area contributed by atoms with Gasteiger partial charge >= 0.3 is 0 Å². The van der Waals surface area contributed by atoms with E-state index in [0.29, 0.717) is 6.54 Å². The van der Waals surface area contributed by atoms with Crippen molar-refractivity contribution >= 4 is 23.2 Å². The molecular weight excluding hydrogens is 282 g/mol. The number of nitriles is 1. The predicted octanol–water partition coefficient (Wildman–Crippen LogP) is 3.01. The predicted molar refractivity (Wildman–Crippen MR) is 74.5 cm³/mol. The summed E-state index contributed by atoms with van der Waals surface area (Å²) >= 11 is 5.93. The van der Waals surface area contributed by atoms with E-state index in [9.17, 15) is 14.9 Å². The van der Waals surface area contributed by atoms with Crippen LogP contribution in [0, 0.1) is 21.4 Å². The summed E-state index contributed by atoms with van der Waals surface area (Å²) in [5, 5.41) is 19.3. The van der Waals surface area contributed by atoms with Gasteiger partial charge in [-0.15, -0.1) is 0 Å². The van der Waals surface area contributed by atoms with Gasteiger partial charge in [0.1, 0.15) is 0 Å². The summed E-state index contributed by atoms with van der Waals surface area (Å²) in [6.45, 7) is 3.95. The van der Waals surface area contributed by atoms with E-state index >= 15 is 0 Å². The second-order valence-corrected chi connectivity index (χ2v) is 4.83. The number of halogens is 1. The van der Waals surface area contributed by atoms with E-state index in [1.54, 1.807) is 0 Å². The van der Waals surface area contributed by atoms with Crippen LogP contribution < -0.4 is 0 Å². The molecule has 0 radical (unpaired) electrons. The third-order valence-electron chi connectivity index (χ3n) is 2.74. The Hall–Kier alpha value is -2.13. The van der Waals surface area contributed by atoms with Gasteiger partial charge in [-0.2, -0.15) is 5.26 Å². The van der Waals surface area contributed by atoms with Crippen LogP contribution in [0.15, 0.2) is 18.2 Å². The Morgan fingerprint density at radius 1 is 1.55 bits per heavy atom. The highest BCUT2D eigenvalue weighted by Crippen LogP contribution is 2.24. The minimum absolute atomic E-state index is 0.0341. The summed E-state index contributed by atoms with van der Waals surface area (Å²) in [4.78, 5) is 23.9. The fraction of sp³-hybridized carbons (Fsp3) is 0.385. The Morgan fingerprint density at radius 3 is 2.65 bits per heavy atom. The van der Waals surface area contributed by atoms with Crippen LogP contribution in [-0.2, 0) is 0 Å². The number of hydrogen-bond acceptors (Lipinski definition) is 4. The van der Waals surface area contributed by atoms with E-state index in [1.807, 2.05) is 19.9 Å². The SMILES string of the molecule is CC(C)N(CCC#N)C(=O)c1ccc([N+](=O)[O-])cc1Cl. The van der Waals surface area contributed by atoms with E-state index in [0.717, 1.165) is 6.07 Å². The molecule has 0 bridgehead atoms. The van der Waals surface area contributed by atoms with E-state index in [4.69, 9.17) is 16.9 Å². The van der Waals surface area contributed by atoms with Gasteiger partial charge in [0.25, 0.3) is 11.6 Å². The highest BCUT2D eigenvalue weighted by molar-refractivity contribution is 6.34. The van der Waals surface area contributed by atoms with Crippen molar-refractivity contribution in [1.82, 2.24) is 4.90 Å². The molecule has 106 valence electrons. The molecule has 0 aliphatic carbocycles. The van der Waals surface area contributed by atoms with Crippen molar-refractivity contribution in [3.8, 4) is 6.07 Å². The molecule has 0 atom stereocenters. The molecule has 0 aliphatic rings. The van der Waals surface area contributed by atoms with Crippen molar-refractivity contribution in [2.75, 3.05) is 6.54 Å². The molecule has 1 aromatic rings. The zero-order chi connectivity index (χ0) is 15.3. The van der Waals surface area contributed by atoms with Gasteiger partial charge in [-0.25, -0.2) is 0 Å². The average Bonchev–Trinajstić information content (AvgIpc) is 2.38. The molecule has 0 heterocycles. The lowest BCUT2D eigenvalue weighted by Gasteiger charge is -2.26. The number of non-ortho nitro benzene ring substituents is 1. The van der Waals surface area contributed by atoms with E-state index in [-0.39, 0.29) is 34.6 Å². The molecule has 0 aliphatic heterocycles. The van der Waals surface area contributed by atoms with Crippen LogP contribution in [0.4, 0.5) is 5.69 Å². The van der Waals surface area contributed by atoms with Crippen LogP contribution in [0.3, 0.4) is 0 Å². The number of benzene rings is 1. The number of nitro benzene ring substituents is 1. The third-order valence-corrected chi connectivity index (χ3v) is 3.06. The van der Waals surface area contributed by atoms with Crippen LogP contribution in [0.5, 0.6) is 0 Å². The van der Waals surface area contributed by atoms with Crippen LogP contribution in [0.1, 0.15) is 30.6 Å². The maximum atomic E-state index is 12.4. The molecule has 0 N–H and O–H groups in total. The van der Waals surface area contributed by atoms with E-state index < -0.39 is 4.92 Å². The van der Waals surface area contributed by atoms with Gasteiger partial charge in [0.2, 0.25) is 0 Å². The number of carbonyl (C=O) groups is 1. The largest absolute Gasteiger partial charge is 0.335 e. The van der Waals surface area contributed by atoms with Crippen LogP contribution in [0.25, 0.3) is 0 Å². The molecule has 0 aromatic heterocycles. The Morgan fingerprint density at radius 2 is 2.20 bits per heavy atom. The molecule has 6 nitrogen and oxygen atoms in total. The number of rotatable bonds is 5. The average molecular weight is 296 g/mol. The molecule has 1 aromatic carbocycles. The Balaban J connectivity index is 3.06. The minimum Gasteiger partial charge on any atom is -0.335 e. The third kappa shape index (κ3) is 3.68. The fourth-order valence-electron chi connectivity index (χ4n) is 1.71. The number of nitrogens with zero attached hydrogens (tertiary/aromatic N) is 3. The van der Waals surface area contributed by atoms with Crippen LogP contribution in [0.2, 0.25) is 5.02 Å². The molecule has 1 rings (SSSR count). The highest BCUT2D eigenvalue weighted by Gasteiger charge is 2.22. The van der Waals surface area contributed by atoms with E-state index in [2.05, 4.69) is 0 Å². The molecule has 1 amide bonds. The van der Waals surface area contributed by atoms with Crippen molar-refractivity contribution in [3.05, 3.63) is 38.9 Å². The summed E-state index contributed by atoms with van der Waals surface area (Å²) < 4.78 is 0. The Bertz CT molecular complexity index is 566. The first-order valence-corrected chi connectivity index (χ1v) is 6.38. The number of amides is 1. The van der Waals surface area contributed by atoms with Gasteiger partial charge in [-0.3, -0.25) is 14.9 Å². The lowest BCUT2D eigenvalue weighted by Crippen LogP contribution is -2.37. The van der Waals surface area contributed by atoms with Crippen LogP contribution >= 0.6 is 11.6 Å². The highest BCUT2D eigenvalue weighted by atomic mass is 35.5. The zero-order valence-corrected chi connectivity index (χ0v) is 11.9. The van der Waals surface area contributed by atoms with Gasteiger partial charge in [0.15, 0.2) is 0 Å². The molecule has 0 spiro atoms. The maximum absolute atomic E-state index is 12.4. The Kier molecular flexibility index (Phi) is 5.47. The van der Waals surface area contributed by atoms with Gasteiger partial charge < -0.3 is 4.90 Å². The van der Waals surface area contributed by atoms with Gasteiger partial charge in [0, 0.05) is 24.7 Å². The lowest BCUT2D eigenvalue weighted by molar-refractivity contribution is -0.384. The second kappa shape index (κ2) is 6.87. The lowest BCUT2D eigenvalue weighted by atomic mass is 10.1. The first-order chi connectivity index (χ1) is 9.38. The molecule has 0 unspecified atom stereocenters. The number of nitro groups is 1. The maximum Gasteiger partial charge on any atom is 0.270 e. The molecular formula is C13H14ClN3O3. The van der Waals surface area contributed by atoms with Crippen molar-refractivity contribution in [2.24, 2.45) is 0 Å². The van der Waals surface area contributed by atoms with Crippen molar-refractivity contribution in [3.63, 3.8) is 0 Å². The normalized spacial score (nSPS) is 10.2. The van der Waals surface area contributed by atoms with Crippen molar-refractivity contribution in [2.45, 2.75) is 26.3 Å². The summed E-state index contributed by atoms with van der Waals surface area (Å²) in [5.41, 5.74) is 0.0311. The Labute approximate surface area is 121 Å². The van der Waals surface area contributed by atoms with Crippen molar-refractivity contribution in [1.29, 1.82) is 5.26 Å². The fourth-order valence-corrected chi connectivity index (χ4v) is 1.97. The van der Waals surface area contributed by atoms with Gasteiger partial charge in [0.05, 0.1) is 28.0 Å². The van der Waals surface area contributed by atoms with E-state index in [1.165, 1.54) is 17.0 Å². The summed E-state index contributed by atoms with van der Waals surface area (Å²) in [6.07, 6.45) is 0.217. The van der Waals surface area contributed by atoms with Crippen molar-refractivity contribution < 1.29 is 9.72 Å². The monoisotopic (exact) mass is 295 g/mol. The minimum atomic E-state index is -0.573. The summed E-state index contributed by atoms with van der Waals surface area (Å²) in [6, 6.07) is 5.61. The molecule has 0 saturated carbocycles. The zero-order valence-electron chi connectivity index (χ0n) is 11.2. The smallest absolute Gasteiger partial charge is 0.270 e. The first-order valence-electron chi connectivity index (χ1n) is 6.00. The molecule has 0 saturated heterocycles. The molecule has 20 heavy (non-hydrogen) atoms. The standard InChI is InChI=1S/C13H14ClN3O3/c1-9(2)16(7-3-6-15)13(18)11-5-4-10(17(19)20)8-12(11)14/h4-5,8-9H,3,7H2,1-2H3.